The van der Waals surface area contributed by atoms with Crippen molar-refractivity contribution in [2.24, 2.45) is 0 Å². The fraction of sp³-hybridized carbons (Fsp3) is 0.417. The summed E-state index contributed by atoms with van der Waals surface area (Å²) in [6.45, 7) is 0. The average molecular weight is 206 g/mol. The standard InChI is InChI=1S/C12H14O3/c1-15-12(14)9-3-2-8-4-5-11(13)7-10(8)6-9/h2-3,6,11,13H,4-5,7H2,1H3. The van der Waals surface area contributed by atoms with Gasteiger partial charge in [-0.25, -0.2) is 4.79 Å². The van der Waals surface area contributed by atoms with Crippen LogP contribution in [0.2, 0.25) is 0 Å². The Kier molecular flexibility index (Phi) is 2.73. The maximum atomic E-state index is 11.3. The van der Waals surface area contributed by atoms with E-state index in [1.807, 2.05) is 12.1 Å². The van der Waals surface area contributed by atoms with Gasteiger partial charge in [0.2, 0.25) is 0 Å². The van der Waals surface area contributed by atoms with Crippen molar-refractivity contribution < 1.29 is 14.6 Å². The molecular formula is C12H14O3. The normalized spacial score (nSPS) is 19.5. The van der Waals surface area contributed by atoms with Gasteiger partial charge >= 0.3 is 5.97 Å². The maximum absolute atomic E-state index is 11.3. The maximum Gasteiger partial charge on any atom is 0.337 e. The first-order valence-electron chi connectivity index (χ1n) is 5.09. The van der Waals surface area contributed by atoms with Gasteiger partial charge in [-0.3, -0.25) is 0 Å². The van der Waals surface area contributed by atoms with Crippen LogP contribution in [0.15, 0.2) is 18.2 Å². The Hall–Kier alpha value is -1.35. The summed E-state index contributed by atoms with van der Waals surface area (Å²) < 4.78 is 4.65. The quantitative estimate of drug-likeness (QED) is 0.705. The summed E-state index contributed by atoms with van der Waals surface area (Å²) in [5.74, 6) is -0.321. The van der Waals surface area contributed by atoms with Crippen molar-refractivity contribution in [2.75, 3.05) is 7.11 Å². The van der Waals surface area contributed by atoms with Gasteiger partial charge in [0.15, 0.2) is 0 Å². The molecule has 3 heteroatoms. The average Bonchev–Trinajstić information content (AvgIpc) is 2.27. The number of hydrogen-bond acceptors (Lipinski definition) is 3. The predicted octanol–water partition coefficient (Wildman–Crippen LogP) is 1.32. The molecule has 0 aliphatic heterocycles. The summed E-state index contributed by atoms with van der Waals surface area (Å²) in [5, 5.41) is 9.53. The molecule has 0 spiro atoms. The van der Waals surface area contributed by atoms with Crippen LogP contribution in [0.5, 0.6) is 0 Å². The Morgan fingerprint density at radius 1 is 1.47 bits per heavy atom. The number of fused-ring (bicyclic) bond motifs is 1. The lowest BCUT2D eigenvalue weighted by Crippen LogP contribution is -2.19. The third-order valence-electron chi connectivity index (χ3n) is 2.83. The Balaban J connectivity index is 2.32. The Bertz CT molecular complexity index is 384. The monoisotopic (exact) mass is 206 g/mol. The molecule has 1 aliphatic rings. The van der Waals surface area contributed by atoms with Crippen molar-refractivity contribution >= 4 is 5.97 Å². The Morgan fingerprint density at radius 3 is 3.00 bits per heavy atom. The van der Waals surface area contributed by atoms with Gasteiger partial charge in [0, 0.05) is 0 Å². The number of carbonyl (C=O) groups is 1. The van der Waals surface area contributed by atoms with Crippen molar-refractivity contribution in [3.8, 4) is 0 Å². The number of aliphatic hydroxyl groups excluding tert-OH is 1. The molecule has 1 aromatic rings. The van der Waals surface area contributed by atoms with Crippen molar-refractivity contribution in [2.45, 2.75) is 25.4 Å². The van der Waals surface area contributed by atoms with Gasteiger partial charge in [-0.2, -0.15) is 0 Å². The first-order valence-corrected chi connectivity index (χ1v) is 5.09. The van der Waals surface area contributed by atoms with E-state index < -0.39 is 0 Å². The molecule has 2 rings (SSSR count). The number of carbonyl (C=O) groups excluding carboxylic acids is 1. The van der Waals surface area contributed by atoms with Gasteiger partial charge in [0.25, 0.3) is 0 Å². The zero-order valence-corrected chi connectivity index (χ0v) is 8.69. The Morgan fingerprint density at radius 2 is 2.27 bits per heavy atom. The van der Waals surface area contributed by atoms with E-state index in [0.717, 1.165) is 18.4 Å². The van der Waals surface area contributed by atoms with E-state index in [2.05, 4.69) is 4.74 Å². The molecule has 0 bridgehead atoms. The number of rotatable bonds is 1. The first-order chi connectivity index (χ1) is 7.20. The minimum absolute atomic E-state index is 0.273. The van der Waals surface area contributed by atoms with Crippen LogP contribution in [0.4, 0.5) is 0 Å². The van der Waals surface area contributed by atoms with Gasteiger partial charge in [0.05, 0.1) is 18.8 Å². The van der Waals surface area contributed by atoms with Crippen LogP contribution in [0, 0.1) is 0 Å². The number of benzene rings is 1. The van der Waals surface area contributed by atoms with Gasteiger partial charge in [-0.15, -0.1) is 0 Å². The summed E-state index contributed by atoms with van der Waals surface area (Å²) >= 11 is 0. The highest BCUT2D eigenvalue weighted by molar-refractivity contribution is 5.89. The van der Waals surface area contributed by atoms with Crippen LogP contribution in [0.1, 0.15) is 27.9 Å². The smallest absolute Gasteiger partial charge is 0.337 e. The second kappa shape index (κ2) is 4.03. The molecule has 1 atom stereocenters. The van der Waals surface area contributed by atoms with Crippen molar-refractivity contribution in [3.63, 3.8) is 0 Å². The molecule has 0 radical (unpaired) electrons. The van der Waals surface area contributed by atoms with Crippen molar-refractivity contribution in [1.29, 1.82) is 0 Å². The van der Waals surface area contributed by atoms with Crippen LogP contribution in [-0.2, 0) is 17.6 Å². The van der Waals surface area contributed by atoms with Crippen LogP contribution in [0.25, 0.3) is 0 Å². The highest BCUT2D eigenvalue weighted by Gasteiger charge is 2.17. The summed E-state index contributed by atoms with van der Waals surface area (Å²) in [4.78, 5) is 11.3. The number of esters is 1. The first kappa shape index (κ1) is 10.2. The molecule has 1 unspecified atom stereocenters. The third kappa shape index (κ3) is 2.02. The van der Waals surface area contributed by atoms with E-state index in [1.54, 1.807) is 6.07 Å². The minimum atomic E-state index is -0.321. The molecular weight excluding hydrogens is 192 g/mol. The highest BCUT2D eigenvalue weighted by Crippen LogP contribution is 2.22. The molecule has 1 aliphatic carbocycles. The van der Waals surface area contributed by atoms with Gasteiger partial charge in [-0.05, 0) is 42.5 Å². The topological polar surface area (TPSA) is 46.5 Å². The van der Waals surface area contributed by atoms with Gasteiger partial charge < -0.3 is 9.84 Å². The minimum Gasteiger partial charge on any atom is -0.465 e. The zero-order valence-electron chi connectivity index (χ0n) is 8.69. The number of methoxy groups -OCH3 is 1. The third-order valence-corrected chi connectivity index (χ3v) is 2.83. The van der Waals surface area contributed by atoms with E-state index in [9.17, 15) is 9.90 Å². The number of aliphatic hydroxyl groups is 1. The summed E-state index contributed by atoms with van der Waals surface area (Å²) in [5.41, 5.74) is 2.86. The lowest BCUT2D eigenvalue weighted by Gasteiger charge is -2.20. The van der Waals surface area contributed by atoms with Gasteiger partial charge in [-0.1, -0.05) is 6.07 Å². The summed E-state index contributed by atoms with van der Waals surface area (Å²) in [6.07, 6.45) is 2.06. The molecule has 1 aromatic carbocycles. The summed E-state index contributed by atoms with van der Waals surface area (Å²) in [6, 6.07) is 5.55. The predicted molar refractivity (Wildman–Crippen MR) is 55.8 cm³/mol. The second-order valence-corrected chi connectivity index (χ2v) is 3.87. The molecule has 80 valence electrons. The van der Waals surface area contributed by atoms with E-state index in [0.29, 0.717) is 12.0 Å². The van der Waals surface area contributed by atoms with E-state index in [-0.39, 0.29) is 12.1 Å². The van der Waals surface area contributed by atoms with Crippen LogP contribution >= 0.6 is 0 Å². The molecule has 0 saturated carbocycles. The van der Waals surface area contributed by atoms with Crippen molar-refractivity contribution in [3.05, 3.63) is 34.9 Å². The number of ether oxygens (including phenoxy) is 1. The molecule has 15 heavy (non-hydrogen) atoms. The lowest BCUT2D eigenvalue weighted by atomic mass is 9.89. The molecule has 0 fully saturated rings. The largest absolute Gasteiger partial charge is 0.465 e. The number of aryl methyl sites for hydroxylation is 1. The van der Waals surface area contributed by atoms with E-state index >= 15 is 0 Å². The van der Waals surface area contributed by atoms with Crippen LogP contribution < -0.4 is 0 Å². The fourth-order valence-electron chi connectivity index (χ4n) is 1.98. The Labute approximate surface area is 88.7 Å². The molecule has 0 aromatic heterocycles. The molecule has 3 nitrogen and oxygen atoms in total. The lowest BCUT2D eigenvalue weighted by molar-refractivity contribution is 0.0600. The van der Waals surface area contributed by atoms with Crippen LogP contribution in [-0.4, -0.2) is 24.3 Å². The molecule has 0 amide bonds. The molecule has 0 heterocycles. The van der Waals surface area contributed by atoms with E-state index in [1.165, 1.54) is 12.7 Å². The SMILES string of the molecule is COC(=O)c1ccc2c(c1)CC(O)CC2. The molecule has 1 N–H and O–H groups in total. The highest BCUT2D eigenvalue weighted by atomic mass is 16.5. The molecule has 0 saturated heterocycles. The summed E-state index contributed by atoms with van der Waals surface area (Å²) in [7, 11) is 1.37. The van der Waals surface area contributed by atoms with Crippen molar-refractivity contribution in [1.82, 2.24) is 0 Å². The van der Waals surface area contributed by atoms with Crippen LogP contribution in [0.3, 0.4) is 0 Å². The van der Waals surface area contributed by atoms with Gasteiger partial charge in [0.1, 0.15) is 0 Å². The van der Waals surface area contributed by atoms with E-state index in [4.69, 9.17) is 0 Å². The fourth-order valence-corrected chi connectivity index (χ4v) is 1.98. The zero-order chi connectivity index (χ0) is 10.8. The second-order valence-electron chi connectivity index (χ2n) is 3.87. The number of hydrogen-bond donors (Lipinski definition) is 1.